The Labute approximate surface area is 153 Å². The van der Waals surface area contributed by atoms with Crippen molar-refractivity contribution in [3.05, 3.63) is 60.2 Å². The summed E-state index contributed by atoms with van der Waals surface area (Å²) in [6.45, 7) is 1.85. The van der Waals surface area contributed by atoms with E-state index in [1.165, 1.54) is 4.57 Å². The summed E-state index contributed by atoms with van der Waals surface area (Å²) in [4.78, 5) is 18.7. The van der Waals surface area contributed by atoms with Gasteiger partial charge in [0.1, 0.15) is 6.54 Å². The van der Waals surface area contributed by atoms with Crippen LogP contribution in [0.3, 0.4) is 0 Å². The first-order valence-electron chi connectivity index (χ1n) is 8.25. The molecule has 0 fully saturated rings. The van der Waals surface area contributed by atoms with Crippen molar-refractivity contribution < 1.29 is 13.2 Å². The van der Waals surface area contributed by atoms with Crippen LogP contribution in [0.1, 0.15) is 18.5 Å². The Morgan fingerprint density at radius 2 is 1.73 bits per heavy atom. The third-order valence-corrected chi connectivity index (χ3v) is 5.48. The zero-order chi connectivity index (χ0) is 18.9. The number of amides is 1. The molecule has 0 aliphatic heterocycles. The summed E-state index contributed by atoms with van der Waals surface area (Å²) in [6.07, 6.45) is 1.10. The molecule has 0 aliphatic rings. The Morgan fingerprint density at radius 3 is 2.38 bits per heavy atom. The molecule has 136 valence electrons. The van der Waals surface area contributed by atoms with Gasteiger partial charge in [0.25, 0.3) is 0 Å². The highest BCUT2D eigenvalue weighted by atomic mass is 32.2. The molecule has 0 saturated carbocycles. The first kappa shape index (κ1) is 18.1. The predicted octanol–water partition coefficient (Wildman–Crippen LogP) is 2.66. The molecule has 0 spiro atoms. The minimum Gasteiger partial charge on any atom is -0.337 e. The Kier molecular flexibility index (Phi) is 4.82. The van der Waals surface area contributed by atoms with Crippen molar-refractivity contribution in [1.29, 1.82) is 0 Å². The number of likely N-dealkylation sites (N-methyl/N-ethyl adjacent to an activating group) is 1. The van der Waals surface area contributed by atoms with E-state index in [-0.39, 0.29) is 23.7 Å². The Hall–Kier alpha value is -2.67. The van der Waals surface area contributed by atoms with Crippen molar-refractivity contribution in [2.45, 2.75) is 24.7 Å². The molecule has 1 aromatic heterocycles. The summed E-state index contributed by atoms with van der Waals surface area (Å²) >= 11 is 0. The first-order valence-corrected chi connectivity index (χ1v) is 10.1. The number of carbonyl (C=O) groups is 1. The summed E-state index contributed by atoms with van der Waals surface area (Å²) in [5.74, 6) is -0.186. The van der Waals surface area contributed by atoms with Gasteiger partial charge in [0, 0.05) is 13.3 Å². The normalized spacial score (nSPS) is 12.9. The fourth-order valence-electron chi connectivity index (χ4n) is 2.91. The molecule has 1 heterocycles. The van der Waals surface area contributed by atoms with E-state index in [0.29, 0.717) is 11.0 Å². The van der Waals surface area contributed by atoms with Crippen molar-refractivity contribution >= 4 is 26.8 Å². The number of para-hydroxylation sites is 2. The third kappa shape index (κ3) is 3.48. The van der Waals surface area contributed by atoms with Crippen LogP contribution >= 0.6 is 0 Å². The second kappa shape index (κ2) is 6.92. The van der Waals surface area contributed by atoms with Crippen LogP contribution in [0.2, 0.25) is 0 Å². The van der Waals surface area contributed by atoms with E-state index in [2.05, 4.69) is 4.98 Å². The van der Waals surface area contributed by atoms with Crippen molar-refractivity contribution in [3.8, 4) is 0 Å². The van der Waals surface area contributed by atoms with Crippen LogP contribution in [-0.4, -0.2) is 42.1 Å². The largest absolute Gasteiger partial charge is 0.337 e. The summed E-state index contributed by atoms with van der Waals surface area (Å²) in [5.41, 5.74) is 2.20. The number of fused-ring (bicyclic) bond motifs is 1. The van der Waals surface area contributed by atoms with E-state index < -0.39 is 9.84 Å². The van der Waals surface area contributed by atoms with Gasteiger partial charge in [-0.15, -0.1) is 0 Å². The number of hydrogen-bond acceptors (Lipinski definition) is 4. The highest BCUT2D eigenvalue weighted by molar-refractivity contribution is 7.90. The average molecular weight is 371 g/mol. The van der Waals surface area contributed by atoms with Crippen molar-refractivity contribution in [3.63, 3.8) is 0 Å². The summed E-state index contributed by atoms with van der Waals surface area (Å²) in [7, 11) is -1.84. The summed E-state index contributed by atoms with van der Waals surface area (Å²) in [5, 5.41) is -0.0900. The fourth-order valence-corrected chi connectivity index (χ4v) is 3.73. The lowest BCUT2D eigenvalue weighted by Crippen LogP contribution is -2.33. The average Bonchev–Trinajstić information content (AvgIpc) is 3.00. The minimum atomic E-state index is -3.56. The van der Waals surface area contributed by atoms with Gasteiger partial charge in [-0.25, -0.2) is 13.4 Å². The number of imidazole rings is 1. The Morgan fingerprint density at radius 1 is 1.12 bits per heavy atom. The van der Waals surface area contributed by atoms with Gasteiger partial charge in [-0.3, -0.25) is 4.79 Å². The SMILES string of the molecule is CC(c1ccccc1)N(C)C(=O)Cn1c(S(C)(=O)=O)nc2ccccc21. The number of hydrogen-bond donors (Lipinski definition) is 0. The maximum Gasteiger partial charge on any atom is 0.242 e. The van der Waals surface area contributed by atoms with Crippen LogP contribution in [-0.2, 0) is 21.2 Å². The molecule has 0 aliphatic carbocycles. The van der Waals surface area contributed by atoms with Gasteiger partial charge in [-0.2, -0.15) is 0 Å². The van der Waals surface area contributed by atoms with Crippen LogP contribution < -0.4 is 0 Å². The van der Waals surface area contributed by atoms with Gasteiger partial charge >= 0.3 is 0 Å². The Balaban J connectivity index is 1.94. The number of sulfone groups is 1. The lowest BCUT2D eigenvalue weighted by molar-refractivity contribution is -0.132. The standard InChI is InChI=1S/C19H21N3O3S/c1-14(15-9-5-4-6-10-15)21(2)18(23)13-22-17-12-8-7-11-16(17)20-19(22)26(3,24)25/h4-12,14H,13H2,1-3H3. The topological polar surface area (TPSA) is 72.3 Å². The van der Waals surface area contributed by atoms with E-state index in [1.807, 2.05) is 37.3 Å². The monoisotopic (exact) mass is 371 g/mol. The summed E-state index contributed by atoms with van der Waals surface area (Å²) < 4.78 is 25.7. The van der Waals surface area contributed by atoms with Crippen molar-refractivity contribution in [2.75, 3.05) is 13.3 Å². The van der Waals surface area contributed by atoms with Gasteiger partial charge in [0.15, 0.2) is 0 Å². The molecule has 1 unspecified atom stereocenters. The third-order valence-electron chi connectivity index (χ3n) is 4.50. The molecule has 3 rings (SSSR count). The van der Waals surface area contributed by atoms with E-state index in [0.717, 1.165) is 11.8 Å². The lowest BCUT2D eigenvalue weighted by Gasteiger charge is -2.26. The molecule has 6 nitrogen and oxygen atoms in total. The quantitative estimate of drug-likeness (QED) is 0.691. The maximum absolute atomic E-state index is 12.8. The highest BCUT2D eigenvalue weighted by Crippen LogP contribution is 2.22. The molecule has 1 amide bonds. The van der Waals surface area contributed by atoms with Gasteiger partial charge in [-0.05, 0) is 24.6 Å². The predicted molar refractivity (Wildman–Crippen MR) is 100 cm³/mol. The van der Waals surface area contributed by atoms with Gasteiger partial charge in [0.05, 0.1) is 17.1 Å². The number of rotatable bonds is 5. The second-order valence-electron chi connectivity index (χ2n) is 6.33. The molecule has 0 N–H and O–H groups in total. The maximum atomic E-state index is 12.8. The highest BCUT2D eigenvalue weighted by Gasteiger charge is 2.24. The molecule has 0 bridgehead atoms. The van der Waals surface area contributed by atoms with Gasteiger partial charge in [0.2, 0.25) is 20.9 Å². The molecule has 26 heavy (non-hydrogen) atoms. The van der Waals surface area contributed by atoms with Crippen LogP contribution in [0.25, 0.3) is 11.0 Å². The van der Waals surface area contributed by atoms with E-state index in [4.69, 9.17) is 0 Å². The van der Waals surface area contributed by atoms with Gasteiger partial charge < -0.3 is 9.47 Å². The number of carbonyl (C=O) groups excluding carboxylic acids is 1. The molecular formula is C19H21N3O3S. The second-order valence-corrected chi connectivity index (χ2v) is 8.24. The molecule has 0 radical (unpaired) electrons. The number of aromatic nitrogens is 2. The minimum absolute atomic E-state index is 0.0867. The molecule has 0 saturated heterocycles. The zero-order valence-corrected chi connectivity index (χ0v) is 15.8. The lowest BCUT2D eigenvalue weighted by atomic mass is 10.1. The number of benzene rings is 2. The fraction of sp³-hybridized carbons (Fsp3) is 0.263. The van der Waals surface area contributed by atoms with E-state index >= 15 is 0 Å². The molecule has 1 atom stereocenters. The van der Waals surface area contributed by atoms with E-state index in [1.54, 1.807) is 36.2 Å². The molecule has 7 heteroatoms. The van der Waals surface area contributed by atoms with Crippen molar-refractivity contribution in [2.24, 2.45) is 0 Å². The van der Waals surface area contributed by atoms with Gasteiger partial charge in [-0.1, -0.05) is 42.5 Å². The molecule has 3 aromatic rings. The van der Waals surface area contributed by atoms with E-state index in [9.17, 15) is 13.2 Å². The summed E-state index contributed by atoms with van der Waals surface area (Å²) in [6, 6.07) is 16.7. The van der Waals surface area contributed by atoms with Crippen LogP contribution in [0.4, 0.5) is 0 Å². The zero-order valence-electron chi connectivity index (χ0n) is 15.0. The van der Waals surface area contributed by atoms with Crippen molar-refractivity contribution in [1.82, 2.24) is 14.5 Å². The van der Waals surface area contributed by atoms with Crippen LogP contribution in [0.15, 0.2) is 59.8 Å². The first-order chi connectivity index (χ1) is 12.3. The Bertz CT molecular complexity index is 1040. The van der Waals surface area contributed by atoms with Crippen LogP contribution in [0, 0.1) is 0 Å². The smallest absolute Gasteiger partial charge is 0.242 e. The van der Waals surface area contributed by atoms with Crippen LogP contribution in [0.5, 0.6) is 0 Å². The molecule has 2 aromatic carbocycles. The number of nitrogens with zero attached hydrogens (tertiary/aromatic N) is 3. The molecular weight excluding hydrogens is 350 g/mol.